The molecule has 0 aliphatic carbocycles. The van der Waals surface area contributed by atoms with Gasteiger partial charge in [-0.15, -0.1) is 10.2 Å². The van der Waals surface area contributed by atoms with E-state index < -0.39 is 0 Å². The molecule has 1 atom stereocenters. The molecule has 84 valence electrons. The van der Waals surface area contributed by atoms with E-state index in [1.807, 2.05) is 20.8 Å². The zero-order chi connectivity index (χ0) is 11.4. The van der Waals surface area contributed by atoms with Gasteiger partial charge in [0.15, 0.2) is 0 Å². The van der Waals surface area contributed by atoms with Crippen molar-refractivity contribution in [2.75, 3.05) is 5.32 Å². The molecule has 0 aliphatic heterocycles. The van der Waals surface area contributed by atoms with Crippen molar-refractivity contribution in [3.05, 3.63) is 5.01 Å². The van der Waals surface area contributed by atoms with E-state index in [0.717, 1.165) is 11.4 Å². The normalized spacial score (nSPS) is 12.9. The zero-order valence-corrected chi connectivity index (χ0v) is 11.4. The lowest BCUT2D eigenvalue weighted by atomic mass is 10.1. The first kappa shape index (κ1) is 12.6. The molecule has 1 aromatic rings. The summed E-state index contributed by atoms with van der Waals surface area (Å²) in [4.78, 5) is 11.4. The SMILES string of the molecule is CCc1nnc(NC(=O)[C@H](Br)C(C)C)s1. The number of aryl methyl sites for hydroxylation is 1. The van der Waals surface area contributed by atoms with Crippen molar-refractivity contribution in [1.29, 1.82) is 0 Å². The second kappa shape index (κ2) is 5.55. The van der Waals surface area contributed by atoms with E-state index in [0.29, 0.717) is 5.13 Å². The van der Waals surface area contributed by atoms with Gasteiger partial charge in [0.1, 0.15) is 5.01 Å². The Bertz CT molecular complexity index is 340. The molecule has 4 nitrogen and oxygen atoms in total. The van der Waals surface area contributed by atoms with E-state index in [2.05, 4.69) is 31.4 Å². The molecule has 1 heterocycles. The number of rotatable bonds is 4. The fraction of sp³-hybridized carbons (Fsp3) is 0.667. The summed E-state index contributed by atoms with van der Waals surface area (Å²) in [6, 6.07) is 0. The van der Waals surface area contributed by atoms with E-state index in [1.165, 1.54) is 11.3 Å². The zero-order valence-electron chi connectivity index (χ0n) is 8.95. The van der Waals surface area contributed by atoms with E-state index in [4.69, 9.17) is 0 Å². The third-order valence-corrected chi connectivity index (χ3v) is 4.29. The molecular formula is C9H14BrN3OS. The number of nitrogens with zero attached hydrogens (tertiary/aromatic N) is 2. The third-order valence-electron chi connectivity index (χ3n) is 1.84. The quantitative estimate of drug-likeness (QED) is 0.867. The number of hydrogen-bond donors (Lipinski definition) is 1. The van der Waals surface area contributed by atoms with Crippen molar-refractivity contribution in [1.82, 2.24) is 10.2 Å². The minimum Gasteiger partial charge on any atom is -0.300 e. The summed E-state index contributed by atoms with van der Waals surface area (Å²) < 4.78 is 0. The summed E-state index contributed by atoms with van der Waals surface area (Å²) in [6.45, 7) is 5.97. The number of anilines is 1. The summed E-state index contributed by atoms with van der Waals surface area (Å²) in [6.07, 6.45) is 0.843. The van der Waals surface area contributed by atoms with Crippen LogP contribution in [0, 0.1) is 5.92 Å². The second-order valence-electron chi connectivity index (χ2n) is 3.49. The van der Waals surface area contributed by atoms with Gasteiger partial charge in [-0.1, -0.05) is 48.0 Å². The van der Waals surface area contributed by atoms with Crippen molar-refractivity contribution >= 4 is 38.3 Å². The minimum absolute atomic E-state index is 0.0659. The van der Waals surface area contributed by atoms with Crippen LogP contribution >= 0.6 is 27.3 Å². The first-order chi connectivity index (χ1) is 7.04. The molecule has 0 unspecified atom stereocenters. The van der Waals surface area contributed by atoms with Crippen molar-refractivity contribution in [2.24, 2.45) is 5.92 Å². The minimum atomic E-state index is -0.188. The average molecular weight is 292 g/mol. The summed E-state index contributed by atoms with van der Waals surface area (Å²) >= 11 is 4.75. The van der Waals surface area contributed by atoms with E-state index in [1.54, 1.807) is 0 Å². The Balaban J connectivity index is 2.58. The van der Waals surface area contributed by atoms with Gasteiger partial charge in [-0.25, -0.2) is 0 Å². The average Bonchev–Trinajstić information content (AvgIpc) is 2.64. The van der Waals surface area contributed by atoms with Crippen LogP contribution in [0.5, 0.6) is 0 Å². The van der Waals surface area contributed by atoms with Gasteiger partial charge in [0.2, 0.25) is 11.0 Å². The first-order valence-corrected chi connectivity index (χ1v) is 6.55. The number of aromatic nitrogens is 2. The van der Waals surface area contributed by atoms with Crippen LogP contribution in [0.4, 0.5) is 5.13 Å². The van der Waals surface area contributed by atoms with E-state index in [9.17, 15) is 4.79 Å². The van der Waals surface area contributed by atoms with Crippen LogP contribution in [0.1, 0.15) is 25.8 Å². The number of amides is 1. The van der Waals surface area contributed by atoms with Crippen LogP contribution in [0.25, 0.3) is 0 Å². The van der Waals surface area contributed by atoms with Crippen LogP contribution in [0.2, 0.25) is 0 Å². The molecule has 0 aliphatic rings. The highest BCUT2D eigenvalue weighted by atomic mass is 79.9. The van der Waals surface area contributed by atoms with Crippen LogP contribution in [0.3, 0.4) is 0 Å². The van der Waals surface area contributed by atoms with Gasteiger partial charge in [-0.05, 0) is 12.3 Å². The summed E-state index contributed by atoms with van der Waals surface area (Å²) in [5.74, 6) is 0.187. The van der Waals surface area contributed by atoms with E-state index in [-0.39, 0.29) is 16.7 Å². The predicted molar refractivity (Wildman–Crippen MR) is 65.5 cm³/mol. The molecule has 0 saturated heterocycles. The van der Waals surface area contributed by atoms with Crippen molar-refractivity contribution < 1.29 is 4.79 Å². The molecule has 0 bridgehead atoms. The van der Waals surface area contributed by atoms with Crippen molar-refractivity contribution in [3.63, 3.8) is 0 Å². The van der Waals surface area contributed by atoms with Gasteiger partial charge in [-0.3, -0.25) is 10.1 Å². The van der Waals surface area contributed by atoms with Gasteiger partial charge < -0.3 is 0 Å². The molecule has 0 fully saturated rings. The highest BCUT2D eigenvalue weighted by Gasteiger charge is 2.19. The first-order valence-electron chi connectivity index (χ1n) is 4.82. The monoisotopic (exact) mass is 291 g/mol. The number of carbonyl (C=O) groups excluding carboxylic acids is 1. The topological polar surface area (TPSA) is 54.9 Å². The van der Waals surface area contributed by atoms with E-state index >= 15 is 0 Å². The lowest BCUT2D eigenvalue weighted by molar-refractivity contribution is -0.116. The molecule has 0 saturated carbocycles. The largest absolute Gasteiger partial charge is 0.300 e. The summed E-state index contributed by atoms with van der Waals surface area (Å²) in [5.41, 5.74) is 0. The maximum absolute atomic E-state index is 11.6. The molecule has 1 N–H and O–H groups in total. The van der Waals surface area contributed by atoms with Crippen LogP contribution in [-0.4, -0.2) is 20.9 Å². The molecule has 15 heavy (non-hydrogen) atoms. The molecule has 0 spiro atoms. The lowest BCUT2D eigenvalue weighted by Gasteiger charge is -2.11. The Morgan fingerprint density at radius 2 is 2.20 bits per heavy atom. The van der Waals surface area contributed by atoms with Crippen LogP contribution < -0.4 is 5.32 Å². The third kappa shape index (κ3) is 3.53. The van der Waals surface area contributed by atoms with Crippen molar-refractivity contribution in [2.45, 2.75) is 32.0 Å². The fourth-order valence-electron chi connectivity index (χ4n) is 0.924. The molecule has 0 aromatic carbocycles. The molecule has 1 rings (SSSR count). The Morgan fingerprint density at radius 3 is 2.67 bits per heavy atom. The molecule has 0 radical (unpaired) electrons. The fourth-order valence-corrected chi connectivity index (χ4v) is 1.72. The molecular weight excluding hydrogens is 278 g/mol. The highest BCUT2D eigenvalue weighted by Crippen LogP contribution is 2.18. The van der Waals surface area contributed by atoms with Crippen LogP contribution in [0.15, 0.2) is 0 Å². The number of alkyl halides is 1. The van der Waals surface area contributed by atoms with Gasteiger partial charge in [0, 0.05) is 0 Å². The summed E-state index contributed by atoms with van der Waals surface area (Å²) in [7, 11) is 0. The second-order valence-corrected chi connectivity index (χ2v) is 5.54. The number of nitrogens with one attached hydrogen (secondary N) is 1. The lowest BCUT2D eigenvalue weighted by Crippen LogP contribution is -2.26. The standard InChI is InChI=1S/C9H14BrN3OS/c1-4-6-12-13-9(15-6)11-8(14)7(10)5(2)3/h5,7H,4H2,1-3H3,(H,11,13,14)/t7-/m1/s1. The predicted octanol–water partition coefficient (Wildman–Crippen LogP) is 2.46. The number of hydrogen-bond acceptors (Lipinski definition) is 4. The van der Waals surface area contributed by atoms with Crippen molar-refractivity contribution in [3.8, 4) is 0 Å². The summed E-state index contributed by atoms with van der Waals surface area (Å²) in [5, 5.41) is 12.1. The smallest absolute Gasteiger partial charge is 0.240 e. The van der Waals surface area contributed by atoms with Gasteiger partial charge in [-0.2, -0.15) is 0 Å². The van der Waals surface area contributed by atoms with Gasteiger partial charge in [0.05, 0.1) is 4.83 Å². The Morgan fingerprint density at radius 1 is 1.53 bits per heavy atom. The molecule has 1 aromatic heterocycles. The van der Waals surface area contributed by atoms with Gasteiger partial charge >= 0.3 is 0 Å². The van der Waals surface area contributed by atoms with Crippen LogP contribution in [-0.2, 0) is 11.2 Å². The maximum atomic E-state index is 11.6. The van der Waals surface area contributed by atoms with Gasteiger partial charge in [0.25, 0.3) is 0 Å². The Kier molecular flexibility index (Phi) is 4.66. The Labute approximate surface area is 102 Å². The maximum Gasteiger partial charge on any atom is 0.240 e. The number of halogens is 1. The highest BCUT2D eigenvalue weighted by molar-refractivity contribution is 9.10. The molecule has 6 heteroatoms. The molecule has 1 amide bonds. The Hall–Kier alpha value is -0.490. The number of carbonyl (C=O) groups is 1.